The summed E-state index contributed by atoms with van der Waals surface area (Å²) in [6, 6.07) is 2.11. The van der Waals surface area contributed by atoms with E-state index in [1.54, 1.807) is 18.3 Å². The van der Waals surface area contributed by atoms with Crippen LogP contribution in [0.3, 0.4) is 0 Å². The molecular formula is C11H16N2OS. The normalized spacial score (nSPS) is 17.5. The van der Waals surface area contributed by atoms with Gasteiger partial charge in [0.2, 0.25) is 5.91 Å². The van der Waals surface area contributed by atoms with E-state index in [2.05, 4.69) is 11.4 Å². The topological polar surface area (TPSA) is 46.3 Å². The summed E-state index contributed by atoms with van der Waals surface area (Å²) in [5, 5.41) is 4.13. The lowest BCUT2D eigenvalue weighted by molar-refractivity contribution is -0.133. The minimum absolute atomic E-state index is 0.0729. The highest BCUT2D eigenvalue weighted by molar-refractivity contribution is 7.07. The highest BCUT2D eigenvalue weighted by Crippen LogP contribution is 2.29. The summed E-state index contributed by atoms with van der Waals surface area (Å²) in [4.78, 5) is 13.8. The van der Waals surface area contributed by atoms with Gasteiger partial charge in [-0.2, -0.15) is 11.3 Å². The summed E-state index contributed by atoms with van der Waals surface area (Å²) >= 11 is 1.66. The van der Waals surface area contributed by atoms with Crippen LogP contribution >= 0.6 is 11.3 Å². The predicted molar refractivity (Wildman–Crippen MR) is 61.5 cm³/mol. The Morgan fingerprint density at radius 2 is 2.47 bits per heavy atom. The molecule has 1 aromatic rings. The van der Waals surface area contributed by atoms with E-state index in [9.17, 15) is 4.79 Å². The largest absolute Gasteiger partial charge is 0.334 e. The molecule has 1 saturated carbocycles. The number of hydrogen-bond acceptors (Lipinski definition) is 3. The Labute approximate surface area is 93.9 Å². The molecule has 0 aliphatic heterocycles. The van der Waals surface area contributed by atoms with Crippen LogP contribution in [0.25, 0.3) is 0 Å². The van der Waals surface area contributed by atoms with Crippen molar-refractivity contribution in [2.75, 3.05) is 0 Å². The van der Waals surface area contributed by atoms with Crippen LogP contribution < -0.4 is 5.73 Å². The molecule has 82 valence electrons. The van der Waals surface area contributed by atoms with Crippen LogP contribution in [0.5, 0.6) is 0 Å². The Hall–Kier alpha value is -0.870. The quantitative estimate of drug-likeness (QED) is 0.844. The molecule has 0 unspecified atom stereocenters. The molecule has 2 rings (SSSR count). The van der Waals surface area contributed by atoms with Crippen LogP contribution in [-0.4, -0.2) is 22.9 Å². The van der Waals surface area contributed by atoms with Gasteiger partial charge in [-0.1, -0.05) is 0 Å². The zero-order valence-corrected chi connectivity index (χ0v) is 9.67. The van der Waals surface area contributed by atoms with Gasteiger partial charge in [0.15, 0.2) is 0 Å². The van der Waals surface area contributed by atoms with Crippen molar-refractivity contribution in [3.63, 3.8) is 0 Å². The molecule has 1 aliphatic rings. The molecule has 0 aromatic carbocycles. The fourth-order valence-corrected chi connectivity index (χ4v) is 2.27. The van der Waals surface area contributed by atoms with Gasteiger partial charge in [0.1, 0.15) is 0 Å². The minimum Gasteiger partial charge on any atom is -0.334 e. The van der Waals surface area contributed by atoms with Crippen LogP contribution in [0, 0.1) is 0 Å². The maximum absolute atomic E-state index is 11.9. The summed E-state index contributed by atoms with van der Waals surface area (Å²) in [7, 11) is 0. The first-order chi connectivity index (χ1) is 7.18. The molecule has 1 aromatic heterocycles. The van der Waals surface area contributed by atoms with Crippen molar-refractivity contribution in [1.82, 2.24) is 4.90 Å². The molecule has 1 atom stereocenters. The molecular weight excluding hydrogens is 208 g/mol. The van der Waals surface area contributed by atoms with Gasteiger partial charge < -0.3 is 10.6 Å². The first kappa shape index (κ1) is 10.6. The molecule has 15 heavy (non-hydrogen) atoms. The fourth-order valence-electron chi connectivity index (χ4n) is 1.61. The maximum atomic E-state index is 11.9. The molecule has 1 fully saturated rings. The summed E-state index contributed by atoms with van der Waals surface area (Å²) in [6.07, 6.45) is 2.26. The number of nitrogens with two attached hydrogens (primary N) is 1. The van der Waals surface area contributed by atoms with Crippen molar-refractivity contribution in [3.8, 4) is 0 Å². The SMILES string of the molecule is C[C@@H](N)C(=O)N(Cc1ccsc1)C1CC1. The second kappa shape index (κ2) is 4.33. The third kappa shape index (κ3) is 2.58. The average Bonchev–Trinajstić information content (AvgIpc) is 2.92. The van der Waals surface area contributed by atoms with E-state index < -0.39 is 0 Å². The van der Waals surface area contributed by atoms with E-state index in [1.165, 1.54) is 5.56 Å². The number of carbonyl (C=O) groups is 1. The molecule has 0 bridgehead atoms. The summed E-state index contributed by atoms with van der Waals surface area (Å²) < 4.78 is 0. The molecule has 2 N–H and O–H groups in total. The number of rotatable bonds is 4. The van der Waals surface area contributed by atoms with Crippen LogP contribution in [0.1, 0.15) is 25.3 Å². The lowest BCUT2D eigenvalue weighted by Crippen LogP contribution is -2.42. The minimum atomic E-state index is -0.385. The number of carbonyl (C=O) groups excluding carboxylic acids is 1. The Morgan fingerprint density at radius 3 is 2.93 bits per heavy atom. The molecule has 0 saturated heterocycles. The van der Waals surface area contributed by atoms with Crippen molar-refractivity contribution < 1.29 is 4.79 Å². The Morgan fingerprint density at radius 1 is 1.73 bits per heavy atom. The highest BCUT2D eigenvalue weighted by Gasteiger charge is 2.33. The van der Waals surface area contributed by atoms with Gasteiger partial charge in [-0.15, -0.1) is 0 Å². The van der Waals surface area contributed by atoms with E-state index in [4.69, 9.17) is 5.73 Å². The van der Waals surface area contributed by atoms with Crippen LogP contribution in [0.4, 0.5) is 0 Å². The summed E-state index contributed by atoms with van der Waals surface area (Å²) in [5.74, 6) is 0.0729. The molecule has 1 amide bonds. The molecule has 1 aliphatic carbocycles. The average molecular weight is 224 g/mol. The second-order valence-electron chi connectivity index (χ2n) is 4.12. The van der Waals surface area contributed by atoms with Gasteiger partial charge in [-0.25, -0.2) is 0 Å². The highest BCUT2D eigenvalue weighted by atomic mass is 32.1. The first-order valence-electron chi connectivity index (χ1n) is 5.25. The molecule has 0 spiro atoms. The van der Waals surface area contributed by atoms with Gasteiger partial charge in [0, 0.05) is 12.6 Å². The van der Waals surface area contributed by atoms with E-state index in [-0.39, 0.29) is 11.9 Å². The van der Waals surface area contributed by atoms with Crippen LogP contribution in [0.2, 0.25) is 0 Å². The summed E-state index contributed by atoms with van der Waals surface area (Å²) in [6.45, 7) is 2.47. The lowest BCUT2D eigenvalue weighted by atomic mass is 10.2. The van der Waals surface area contributed by atoms with Gasteiger partial charge in [0.05, 0.1) is 6.04 Å². The first-order valence-corrected chi connectivity index (χ1v) is 6.20. The van der Waals surface area contributed by atoms with Crippen LogP contribution in [-0.2, 0) is 11.3 Å². The van der Waals surface area contributed by atoms with Gasteiger partial charge in [0.25, 0.3) is 0 Å². The maximum Gasteiger partial charge on any atom is 0.239 e. The summed E-state index contributed by atoms with van der Waals surface area (Å²) in [5.41, 5.74) is 6.85. The number of nitrogens with zero attached hydrogens (tertiary/aromatic N) is 1. The Bertz CT molecular complexity index is 330. The number of amides is 1. The van der Waals surface area contributed by atoms with Crippen LogP contribution in [0.15, 0.2) is 16.8 Å². The van der Waals surface area contributed by atoms with Gasteiger partial charge >= 0.3 is 0 Å². The van der Waals surface area contributed by atoms with E-state index in [1.807, 2.05) is 10.3 Å². The van der Waals surface area contributed by atoms with E-state index in [0.29, 0.717) is 12.6 Å². The Balaban J connectivity index is 2.03. The lowest BCUT2D eigenvalue weighted by Gasteiger charge is -2.23. The smallest absolute Gasteiger partial charge is 0.239 e. The third-order valence-corrected chi connectivity index (χ3v) is 3.33. The molecule has 0 radical (unpaired) electrons. The number of thiophene rings is 1. The zero-order valence-electron chi connectivity index (χ0n) is 8.85. The van der Waals surface area contributed by atoms with Crippen molar-refractivity contribution in [2.45, 2.75) is 38.4 Å². The second-order valence-corrected chi connectivity index (χ2v) is 4.90. The van der Waals surface area contributed by atoms with Gasteiger partial charge in [-0.05, 0) is 42.2 Å². The monoisotopic (exact) mass is 224 g/mol. The molecule has 1 heterocycles. The van der Waals surface area contributed by atoms with E-state index >= 15 is 0 Å². The van der Waals surface area contributed by atoms with E-state index in [0.717, 1.165) is 12.8 Å². The zero-order chi connectivity index (χ0) is 10.8. The van der Waals surface area contributed by atoms with Gasteiger partial charge in [-0.3, -0.25) is 4.79 Å². The van der Waals surface area contributed by atoms with Crippen molar-refractivity contribution in [1.29, 1.82) is 0 Å². The standard InChI is InChI=1S/C11H16N2OS/c1-8(12)11(14)13(10-2-3-10)6-9-4-5-15-7-9/h4-5,7-8,10H,2-3,6,12H2,1H3/t8-/m1/s1. The Kier molecular flexibility index (Phi) is 3.07. The number of hydrogen-bond donors (Lipinski definition) is 1. The molecule has 4 heteroatoms. The predicted octanol–water partition coefficient (Wildman–Crippen LogP) is 1.59. The van der Waals surface area contributed by atoms with Crippen molar-refractivity contribution in [3.05, 3.63) is 22.4 Å². The van der Waals surface area contributed by atoms with Crippen molar-refractivity contribution in [2.24, 2.45) is 5.73 Å². The molecule has 3 nitrogen and oxygen atoms in total. The third-order valence-electron chi connectivity index (χ3n) is 2.59. The fraction of sp³-hybridized carbons (Fsp3) is 0.545. The van der Waals surface area contributed by atoms with Crippen molar-refractivity contribution >= 4 is 17.2 Å².